The van der Waals surface area contributed by atoms with Crippen LogP contribution in [0.5, 0.6) is 0 Å². The standard InChI is InChI=1S/C43H30N2O2/c1-43(2)41-37-21-17-35(25-31(37)13-19-39(41)40-20-14-32-26-36(45(46)47)18-22-38(32)42(40)43)44(33-15-11-27-7-3-5-9-29(27)23-33)34-16-12-28-8-4-6-10-30(28)24-34/h3-26H,1-2H3. The Morgan fingerprint density at radius 2 is 0.915 bits per heavy atom. The molecule has 0 radical (unpaired) electrons. The zero-order valence-electron chi connectivity index (χ0n) is 26.1. The fourth-order valence-electron chi connectivity index (χ4n) is 7.89. The molecular weight excluding hydrogens is 576 g/mol. The van der Waals surface area contributed by atoms with Crippen molar-refractivity contribution in [2.75, 3.05) is 4.90 Å². The molecule has 0 N–H and O–H groups in total. The molecule has 0 aliphatic heterocycles. The highest BCUT2D eigenvalue weighted by Crippen LogP contribution is 2.54. The molecule has 0 aromatic heterocycles. The highest BCUT2D eigenvalue weighted by molar-refractivity contribution is 6.05. The Hall–Kier alpha value is -6.00. The van der Waals surface area contributed by atoms with Crippen LogP contribution in [0.2, 0.25) is 0 Å². The molecule has 47 heavy (non-hydrogen) atoms. The van der Waals surface area contributed by atoms with E-state index in [1.807, 2.05) is 12.1 Å². The monoisotopic (exact) mass is 606 g/mol. The molecule has 0 spiro atoms. The number of fused-ring (bicyclic) bond motifs is 9. The molecule has 0 atom stereocenters. The Kier molecular flexibility index (Phi) is 5.81. The summed E-state index contributed by atoms with van der Waals surface area (Å²) in [6, 6.07) is 51.0. The van der Waals surface area contributed by atoms with Crippen LogP contribution < -0.4 is 4.90 Å². The van der Waals surface area contributed by atoms with E-state index >= 15 is 0 Å². The van der Waals surface area contributed by atoms with Gasteiger partial charge in [-0.05, 0) is 108 Å². The second kappa shape index (κ2) is 10.0. The van der Waals surface area contributed by atoms with Gasteiger partial charge in [0.25, 0.3) is 5.69 Å². The summed E-state index contributed by atoms with van der Waals surface area (Å²) >= 11 is 0. The number of benzene rings is 8. The number of nitro benzene ring substituents is 1. The fourth-order valence-corrected chi connectivity index (χ4v) is 7.89. The molecule has 0 amide bonds. The molecule has 0 fully saturated rings. The Balaban J connectivity index is 1.22. The average Bonchev–Trinajstić information content (AvgIpc) is 3.34. The zero-order valence-corrected chi connectivity index (χ0v) is 26.1. The van der Waals surface area contributed by atoms with E-state index in [-0.39, 0.29) is 16.0 Å². The molecule has 0 bridgehead atoms. The van der Waals surface area contributed by atoms with Gasteiger partial charge in [0.1, 0.15) is 0 Å². The number of nitro groups is 1. The summed E-state index contributed by atoms with van der Waals surface area (Å²) in [5, 5.41) is 20.7. The second-order valence-electron chi connectivity index (χ2n) is 13.1. The van der Waals surface area contributed by atoms with Gasteiger partial charge in [-0.15, -0.1) is 0 Å². The summed E-state index contributed by atoms with van der Waals surface area (Å²) in [6.45, 7) is 4.56. The van der Waals surface area contributed by atoms with E-state index in [2.05, 4.69) is 140 Å². The summed E-state index contributed by atoms with van der Waals surface area (Å²) in [4.78, 5) is 13.5. The van der Waals surface area contributed by atoms with Crippen LogP contribution in [0.15, 0.2) is 146 Å². The van der Waals surface area contributed by atoms with E-state index in [1.54, 1.807) is 12.1 Å². The van der Waals surface area contributed by atoms with Crippen molar-refractivity contribution in [1.82, 2.24) is 0 Å². The predicted molar refractivity (Wildman–Crippen MR) is 195 cm³/mol. The van der Waals surface area contributed by atoms with E-state index in [0.717, 1.165) is 27.8 Å². The van der Waals surface area contributed by atoms with Crippen molar-refractivity contribution < 1.29 is 4.92 Å². The maximum atomic E-state index is 11.5. The van der Waals surface area contributed by atoms with Gasteiger partial charge in [-0.3, -0.25) is 10.1 Å². The summed E-state index contributed by atoms with van der Waals surface area (Å²) < 4.78 is 0. The third-order valence-corrected chi connectivity index (χ3v) is 10.00. The van der Waals surface area contributed by atoms with E-state index in [0.29, 0.717) is 0 Å². The number of nitrogens with zero attached hydrogens (tertiary/aromatic N) is 2. The fraction of sp³-hybridized carbons (Fsp3) is 0.0698. The molecule has 0 unspecified atom stereocenters. The van der Waals surface area contributed by atoms with Gasteiger partial charge >= 0.3 is 0 Å². The van der Waals surface area contributed by atoms with Crippen LogP contribution in [0.3, 0.4) is 0 Å². The lowest BCUT2D eigenvalue weighted by Gasteiger charge is -2.28. The topological polar surface area (TPSA) is 46.4 Å². The number of rotatable bonds is 4. The van der Waals surface area contributed by atoms with Gasteiger partial charge in [0.2, 0.25) is 0 Å². The normalized spacial score (nSPS) is 13.2. The molecule has 0 saturated heterocycles. The molecule has 8 aromatic rings. The van der Waals surface area contributed by atoms with Gasteiger partial charge in [0.15, 0.2) is 0 Å². The third kappa shape index (κ3) is 4.15. The van der Waals surface area contributed by atoms with Gasteiger partial charge in [-0.25, -0.2) is 0 Å². The van der Waals surface area contributed by atoms with Crippen molar-refractivity contribution >= 4 is 65.8 Å². The minimum Gasteiger partial charge on any atom is -0.310 e. The Morgan fingerprint density at radius 1 is 0.489 bits per heavy atom. The lowest BCUT2D eigenvalue weighted by Crippen LogP contribution is -2.16. The Bertz CT molecular complexity index is 2520. The van der Waals surface area contributed by atoms with Crippen LogP contribution in [-0.2, 0) is 5.41 Å². The lowest BCUT2D eigenvalue weighted by atomic mass is 9.78. The largest absolute Gasteiger partial charge is 0.310 e. The molecule has 0 heterocycles. The van der Waals surface area contributed by atoms with Crippen LogP contribution in [0.25, 0.3) is 54.2 Å². The lowest BCUT2D eigenvalue weighted by molar-refractivity contribution is -0.384. The summed E-state index contributed by atoms with van der Waals surface area (Å²) in [5.41, 5.74) is 8.08. The SMILES string of the molecule is CC1(C)c2c(ccc3cc(N(c4ccc5ccccc5c4)c4ccc5ccccc5c4)ccc23)-c2ccc3cc([N+](=O)[O-])ccc3c21. The molecule has 224 valence electrons. The van der Waals surface area contributed by atoms with Crippen molar-refractivity contribution in [2.24, 2.45) is 0 Å². The predicted octanol–water partition coefficient (Wildman–Crippen LogP) is 12.0. The van der Waals surface area contributed by atoms with E-state index in [9.17, 15) is 10.1 Å². The Labute approximate surface area is 272 Å². The van der Waals surface area contributed by atoms with Gasteiger partial charge in [-0.2, -0.15) is 0 Å². The van der Waals surface area contributed by atoms with Crippen molar-refractivity contribution in [2.45, 2.75) is 19.3 Å². The first kappa shape index (κ1) is 27.3. The molecule has 8 aromatic carbocycles. The highest BCUT2D eigenvalue weighted by atomic mass is 16.6. The van der Waals surface area contributed by atoms with Gasteiger partial charge in [-0.1, -0.05) is 105 Å². The van der Waals surface area contributed by atoms with Crippen LogP contribution in [0.1, 0.15) is 25.0 Å². The molecule has 4 heteroatoms. The van der Waals surface area contributed by atoms with E-state index in [1.165, 1.54) is 54.6 Å². The summed E-state index contributed by atoms with van der Waals surface area (Å²) in [7, 11) is 0. The Morgan fingerprint density at radius 3 is 1.45 bits per heavy atom. The molecule has 0 saturated carbocycles. The third-order valence-electron chi connectivity index (χ3n) is 10.00. The minimum absolute atomic E-state index is 0.117. The minimum atomic E-state index is -0.323. The first-order chi connectivity index (χ1) is 22.9. The number of hydrogen-bond acceptors (Lipinski definition) is 3. The highest BCUT2D eigenvalue weighted by Gasteiger charge is 2.38. The zero-order chi connectivity index (χ0) is 31.9. The number of anilines is 3. The maximum Gasteiger partial charge on any atom is 0.270 e. The number of hydrogen-bond donors (Lipinski definition) is 0. The molecule has 1 aliphatic rings. The average molecular weight is 607 g/mol. The first-order valence-electron chi connectivity index (χ1n) is 15.9. The van der Waals surface area contributed by atoms with Crippen LogP contribution in [0, 0.1) is 10.1 Å². The van der Waals surface area contributed by atoms with Crippen LogP contribution in [0.4, 0.5) is 22.7 Å². The molecule has 4 nitrogen and oxygen atoms in total. The van der Waals surface area contributed by atoms with Crippen molar-refractivity contribution in [3.8, 4) is 11.1 Å². The number of non-ortho nitro benzene ring substituents is 1. The molecule has 1 aliphatic carbocycles. The quantitative estimate of drug-likeness (QED) is 0.148. The molecular formula is C43H30N2O2. The van der Waals surface area contributed by atoms with E-state index in [4.69, 9.17) is 0 Å². The summed E-state index contributed by atoms with van der Waals surface area (Å²) in [5.74, 6) is 0. The van der Waals surface area contributed by atoms with Crippen molar-refractivity contribution in [3.05, 3.63) is 167 Å². The second-order valence-corrected chi connectivity index (χ2v) is 13.1. The van der Waals surface area contributed by atoms with Crippen LogP contribution in [-0.4, -0.2) is 4.92 Å². The van der Waals surface area contributed by atoms with Gasteiger partial charge in [0, 0.05) is 34.6 Å². The van der Waals surface area contributed by atoms with Gasteiger partial charge in [0.05, 0.1) is 4.92 Å². The first-order valence-corrected chi connectivity index (χ1v) is 15.9. The summed E-state index contributed by atoms with van der Waals surface area (Å²) in [6.07, 6.45) is 0. The molecule has 9 rings (SSSR count). The van der Waals surface area contributed by atoms with Crippen LogP contribution >= 0.6 is 0 Å². The van der Waals surface area contributed by atoms with Crippen molar-refractivity contribution in [3.63, 3.8) is 0 Å². The van der Waals surface area contributed by atoms with E-state index < -0.39 is 0 Å². The maximum absolute atomic E-state index is 11.5. The van der Waals surface area contributed by atoms with Crippen molar-refractivity contribution in [1.29, 1.82) is 0 Å². The smallest absolute Gasteiger partial charge is 0.270 e. The van der Waals surface area contributed by atoms with Gasteiger partial charge < -0.3 is 4.90 Å².